The lowest BCUT2D eigenvalue weighted by atomic mass is 9.86. The number of primary amides is 1. The first kappa shape index (κ1) is 72.2. The number of nitrogens with zero attached hydrogens (tertiary/aromatic N) is 1. The fourth-order valence-electron chi connectivity index (χ4n) is 8.69. The van der Waals surface area contributed by atoms with E-state index in [1.54, 1.807) is 102 Å². The summed E-state index contributed by atoms with van der Waals surface area (Å²) < 4.78 is 5.50. The Hall–Kier alpha value is -7.88. The van der Waals surface area contributed by atoms with Crippen molar-refractivity contribution in [3.8, 4) is 0 Å². The number of aliphatic hydroxyl groups is 3. The van der Waals surface area contributed by atoms with Gasteiger partial charge in [0.1, 0.15) is 24.7 Å². The second-order valence-corrected chi connectivity index (χ2v) is 21.7. The molecule has 18 N–H and O–H groups in total. The van der Waals surface area contributed by atoms with Crippen molar-refractivity contribution in [2.75, 3.05) is 13.1 Å². The smallest absolute Gasteiger partial charge is 0.325 e. The van der Waals surface area contributed by atoms with E-state index in [1.165, 1.54) is 6.92 Å². The molecule has 2 aromatic carbocycles. The van der Waals surface area contributed by atoms with Gasteiger partial charge in [0.2, 0.25) is 41.4 Å². The van der Waals surface area contributed by atoms with Crippen molar-refractivity contribution < 1.29 is 77.9 Å². The number of carbonyl (C=O) groups excluding carboxylic acids is 10. The molecule has 0 aromatic heterocycles. The molecule has 27 heteroatoms. The molecule has 0 radical (unpaired) electrons. The van der Waals surface area contributed by atoms with E-state index < -0.39 is 175 Å². The lowest BCUT2D eigenvalue weighted by Gasteiger charge is -2.31. The fourth-order valence-corrected chi connectivity index (χ4v) is 8.69. The van der Waals surface area contributed by atoms with Crippen LogP contribution in [0, 0.1) is 35.5 Å². The van der Waals surface area contributed by atoms with Gasteiger partial charge in [-0.25, -0.2) is 0 Å². The van der Waals surface area contributed by atoms with Gasteiger partial charge < -0.3 is 80.0 Å². The number of carbonyl (C=O) groups is 11. The van der Waals surface area contributed by atoms with Crippen LogP contribution in [0.5, 0.6) is 0 Å². The molecule has 0 saturated heterocycles. The normalized spacial score (nSPS) is 15.9. The van der Waals surface area contributed by atoms with Crippen molar-refractivity contribution in [2.45, 2.75) is 162 Å². The third kappa shape index (κ3) is 24.5. The van der Waals surface area contributed by atoms with Crippen LogP contribution in [0.15, 0.2) is 65.7 Å². The van der Waals surface area contributed by atoms with Gasteiger partial charge in [-0.05, 0) is 62.0 Å². The summed E-state index contributed by atoms with van der Waals surface area (Å²) in [6.07, 6.45) is -6.69. The van der Waals surface area contributed by atoms with E-state index in [-0.39, 0.29) is 44.3 Å². The Morgan fingerprint density at radius 1 is 0.643 bits per heavy atom. The number of nitrogens with one attached hydrogen (secondary N) is 6. The van der Waals surface area contributed by atoms with Crippen LogP contribution in [-0.4, -0.2) is 153 Å². The highest BCUT2D eigenvalue weighted by Crippen LogP contribution is 2.26. The number of guanidine groups is 1. The van der Waals surface area contributed by atoms with Gasteiger partial charge in [0.05, 0.1) is 49.1 Å². The molecular weight excluding hydrogens is 1090 g/mol. The van der Waals surface area contributed by atoms with Gasteiger partial charge in [0.15, 0.2) is 23.6 Å². The van der Waals surface area contributed by atoms with Gasteiger partial charge in [0.25, 0.3) is 0 Å². The molecule has 2 aromatic rings. The van der Waals surface area contributed by atoms with Crippen LogP contribution in [0.4, 0.5) is 0 Å². The Bertz CT molecular complexity index is 2570. The maximum Gasteiger partial charge on any atom is 0.325 e. The van der Waals surface area contributed by atoms with E-state index in [1.807, 2.05) is 10.6 Å². The molecule has 0 bridgehead atoms. The summed E-state index contributed by atoms with van der Waals surface area (Å²) in [7, 11) is 0. The number of ether oxygens (including phenoxy) is 1. The van der Waals surface area contributed by atoms with Crippen LogP contribution >= 0.6 is 0 Å². The molecule has 27 nitrogen and oxygen atoms in total. The molecule has 0 fully saturated rings. The van der Waals surface area contributed by atoms with Crippen molar-refractivity contribution in [2.24, 2.45) is 63.4 Å². The number of carboxylic acid groups (broad SMARTS) is 1. The van der Waals surface area contributed by atoms with E-state index in [4.69, 9.17) is 32.8 Å². The Balaban J connectivity index is 2.44. The van der Waals surface area contributed by atoms with Crippen LogP contribution in [0.1, 0.15) is 118 Å². The average Bonchev–Trinajstić information content (AvgIpc) is 3.61. The van der Waals surface area contributed by atoms with Crippen LogP contribution in [0.3, 0.4) is 0 Å². The summed E-state index contributed by atoms with van der Waals surface area (Å²) in [5.74, 6) is -17.0. The van der Waals surface area contributed by atoms with E-state index in [2.05, 4.69) is 26.3 Å². The van der Waals surface area contributed by atoms with Crippen molar-refractivity contribution in [3.05, 3.63) is 71.8 Å². The number of aliphatic hydroxyl groups excluding tert-OH is 3. The predicted molar refractivity (Wildman–Crippen MR) is 306 cm³/mol. The molecule has 466 valence electrons. The van der Waals surface area contributed by atoms with Gasteiger partial charge in [-0.15, -0.1) is 0 Å². The van der Waals surface area contributed by atoms with Crippen molar-refractivity contribution >= 4 is 70.8 Å². The SMILES string of the molecule is CC[C@H](C)[C@H](NC(=O)[C@@H](CCCN=C(N)N)CC(=O)[C@H](CC(C)C)NC(=O)[C@@H](NC(=O)[C@@H](CC(=O)OCc1ccccc1)[C@H](N)c1ccccc1)[C@H](O)C(C)C)C(=O)C[C@H](C(=O)NCC(=O)N[C@H](C(=O)N[C@@H](C)C(=O)O)[C@H](O)C(N)=O)[C@H](C)O. The fraction of sp³-hybridized carbons (Fsp3) is 0.579. The van der Waals surface area contributed by atoms with Crippen LogP contribution in [0.25, 0.3) is 0 Å². The number of carboxylic acids is 1. The maximum atomic E-state index is 14.6. The summed E-state index contributed by atoms with van der Waals surface area (Å²) >= 11 is 0. The lowest BCUT2D eigenvalue weighted by Crippen LogP contribution is -2.60. The number of Topliss-reactive ketones (excluding diaryl/α,β-unsaturated/α-hetero) is 2. The first-order valence-electron chi connectivity index (χ1n) is 27.9. The van der Waals surface area contributed by atoms with Gasteiger partial charge >= 0.3 is 11.9 Å². The summed E-state index contributed by atoms with van der Waals surface area (Å²) in [6.45, 7) is 11.4. The Morgan fingerprint density at radius 2 is 1.23 bits per heavy atom. The largest absolute Gasteiger partial charge is 0.480 e. The summed E-state index contributed by atoms with van der Waals surface area (Å²) in [6, 6.07) is 8.28. The summed E-state index contributed by atoms with van der Waals surface area (Å²) in [4.78, 5) is 151. The highest BCUT2D eigenvalue weighted by Gasteiger charge is 2.40. The number of aliphatic carboxylic acids is 1. The molecule has 0 heterocycles. The van der Waals surface area contributed by atoms with Crippen molar-refractivity contribution in [1.82, 2.24) is 31.9 Å². The van der Waals surface area contributed by atoms with Gasteiger partial charge in [-0.1, -0.05) is 109 Å². The molecule has 7 amide bonds. The molecule has 0 aliphatic carbocycles. The Labute approximate surface area is 489 Å². The highest BCUT2D eigenvalue weighted by atomic mass is 16.5. The minimum Gasteiger partial charge on any atom is -0.480 e. The van der Waals surface area contributed by atoms with Crippen molar-refractivity contribution in [1.29, 1.82) is 0 Å². The Kier molecular flexibility index (Phi) is 30.9. The number of esters is 1. The summed E-state index contributed by atoms with van der Waals surface area (Å²) in [5.41, 5.74) is 24.0. The number of benzene rings is 2. The first-order valence-corrected chi connectivity index (χ1v) is 27.9. The first-order chi connectivity index (χ1) is 39.4. The average molecular weight is 1180 g/mol. The van der Waals surface area contributed by atoms with E-state index in [9.17, 15) is 68.1 Å². The monoisotopic (exact) mass is 1180 g/mol. The lowest BCUT2D eigenvalue weighted by molar-refractivity contribution is -0.149. The molecule has 0 aliphatic heterocycles. The number of amides is 7. The van der Waals surface area contributed by atoms with Crippen LogP contribution < -0.4 is 54.8 Å². The highest BCUT2D eigenvalue weighted by molar-refractivity contribution is 5.99. The van der Waals surface area contributed by atoms with E-state index in [0.29, 0.717) is 17.5 Å². The molecule has 0 aliphatic rings. The molecule has 0 spiro atoms. The second-order valence-electron chi connectivity index (χ2n) is 21.7. The zero-order valence-corrected chi connectivity index (χ0v) is 48.9. The predicted octanol–water partition coefficient (Wildman–Crippen LogP) is -1.38. The molecule has 13 atom stereocenters. The van der Waals surface area contributed by atoms with Gasteiger partial charge in [-0.3, -0.25) is 57.7 Å². The zero-order valence-electron chi connectivity index (χ0n) is 48.9. The Morgan fingerprint density at radius 3 is 1.76 bits per heavy atom. The van der Waals surface area contributed by atoms with Gasteiger partial charge in [0, 0.05) is 31.3 Å². The number of rotatable bonds is 38. The number of nitrogens with two attached hydrogens (primary N) is 4. The van der Waals surface area contributed by atoms with Crippen molar-refractivity contribution in [3.63, 3.8) is 0 Å². The quantitative estimate of drug-likeness (QED) is 0.0159. The van der Waals surface area contributed by atoms with Crippen LogP contribution in [0.2, 0.25) is 0 Å². The molecule has 0 unspecified atom stereocenters. The van der Waals surface area contributed by atoms with E-state index >= 15 is 0 Å². The maximum absolute atomic E-state index is 14.6. The van der Waals surface area contributed by atoms with Crippen LogP contribution in [-0.2, 0) is 64.1 Å². The number of ketones is 2. The van der Waals surface area contributed by atoms with Gasteiger partial charge in [-0.2, -0.15) is 0 Å². The number of hydrogen-bond donors (Lipinski definition) is 14. The zero-order chi connectivity index (χ0) is 63.5. The minimum absolute atomic E-state index is 0.0237. The third-order valence-electron chi connectivity index (χ3n) is 14.0. The molecule has 2 rings (SSSR count). The molecular formula is C57H87N11O16. The standard InChI is InChI=1S/C57H87N11O16/c1-9-31(6)45(41(71)25-37(33(8)69)52(78)63-27-42(72)66-47(49(75)50(59)76)54(80)64-32(7)56(82)83)67-51(77)36(21-16-22-62-57(60)61)24-40(70)39(23-29(2)3)65-55(81)46(48(74)30(4)5)68-53(79)38(44(58)35-19-14-11-15-20-35)26-43(73)84-28-34-17-12-10-13-18-34/h10-15,17-20,29-33,36-39,44-49,69,74-75H,9,16,21-28,58H2,1-8H3,(H2,59,76)(H,63,78)(H,64,80)(H,65,81)(H,66,72)(H,67,77)(H,68,79)(H,82,83)(H4,60,61,62)/t31-,32-,33-,36-,37-,38-,39-,44+,45-,46-,47-,48+,49-/m0/s1. The summed E-state index contributed by atoms with van der Waals surface area (Å²) in [5, 5.41) is 55.8. The molecule has 84 heavy (non-hydrogen) atoms. The molecule has 0 saturated carbocycles. The number of hydrogen-bond acceptors (Lipinski definition) is 17. The van der Waals surface area contributed by atoms with E-state index in [0.717, 1.165) is 6.92 Å². The topological polar surface area (TPSA) is 467 Å². The second kappa shape index (κ2) is 36.0. The minimum atomic E-state index is -2.33. The number of aliphatic imine (C=N–C) groups is 1. The third-order valence-corrected chi connectivity index (χ3v) is 14.0.